The zero-order valence-corrected chi connectivity index (χ0v) is 13.2. The van der Waals surface area contributed by atoms with Crippen molar-refractivity contribution in [2.45, 2.75) is 20.3 Å². The average Bonchev–Trinajstić information content (AvgIpc) is 2.55. The van der Waals surface area contributed by atoms with E-state index in [9.17, 15) is 0 Å². The maximum absolute atomic E-state index is 2.44. The lowest BCUT2D eigenvalue weighted by atomic mass is 9.75. The Hall–Kier alpha value is -2.08. The third-order valence-corrected chi connectivity index (χ3v) is 5.09. The van der Waals surface area contributed by atoms with Gasteiger partial charge in [-0.15, -0.1) is 0 Å². The molecular weight excluding hydrogens is 264 g/mol. The molecule has 0 aliphatic heterocycles. The van der Waals surface area contributed by atoms with Gasteiger partial charge in [-0.2, -0.15) is 0 Å². The lowest BCUT2D eigenvalue weighted by molar-refractivity contribution is 0.527. The van der Waals surface area contributed by atoms with Gasteiger partial charge in [0.05, 0.1) is 0 Å². The van der Waals surface area contributed by atoms with E-state index in [-0.39, 0.29) is 0 Å². The molecule has 4 rings (SSSR count). The van der Waals surface area contributed by atoms with E-state index in [4.69, 9.17) is 0 Å². The van der Waals surface area contributed by atoms with E-state index in [2.05, 4.69) is 81.0 Å². The molecule has 0 heteroatoms. The molecular formula is C22H21. The van der Waals surface area contributed by atoms with Crippen molar-refractivity contribution in [2.24, 2.45) is 11.8 Å². The van der Waals surface area contributed by atoms with Gasteiger partial charge in [-0.05, 0) is 71.9 Å². The van der Waals surface area contributed by atoms with Crippen molar-refractivity contribution >= 4 is 12.2 Å². The minimum absolute atomic E-state index is 0.499. The predicted octanol–water partition coefficient (Wildman–Crippen LogP) is 5.38. The fourth-order valence-electron chi connectivity index (χ4n) is 3.78. The Morgan fingerprint density at radius 2 is 1.55 bits per heavy atom. The lowest BCUT2D eigenvalue weighted by Crippen LogP contribution is -2.19. The summed E-state index contributed by atoms with van der Waals surface area (Å²) in [4.78, 5) is 0. The van der Waals surface area contributed by atoms with Crippen LogP contribution < -0.4 is 0 Å². The topological polar surface area (TPSA) is 0 Å². The largest absolute Gasteiger partial charge is 0.0799 e. The van der Waals surface area contributed by atoms with E-state index in [1.54, 1.807) is 0 Å². The first-order chi connectivity index (χ1) is 10.7. The molecule has 0 saturated carbocycles. The van der Waals surface area contributed by atoms with Crippen LogP contribution in [-0.4, -0.2) is 0 Å². The van der Waals surface area contributed by atoms with Crippen LogP contribution in [0.25, 0.3) is 12.2 Å². The van der Waals surface area contributed by atoms with E-state index < -0.39 is 0 Å². The molecule has 1 radical (unpaired) electrons. The predicted molar refractivity (Wildman–Crippen MR) is 94.5 cm³/mol. The Morgan fingerprint density at radius 1 is 0.818 bits per heavy atom. The van der Waals surface area contributed by atoms with E-state index in [0.717, 1.165) is 6.42 Å². The highest BCUT2D eigenvalue weighted by molar-refractivity contribution is 5.65. The third-order valence-electron chi connectivity index (χ3n) is 5.09. The van der Waals surface area contributed by atoms with Crippen LogP contribution in [0.3, 0.4) is 0 Å². The van der Waals surface area contributed by atoms with Crippen molar-refractivity contribution in [2.75, 3.05) is 0 Å². The van der Waals surface area contributed by atoms with Crippen molar-refractivity contribution < 1.29 is 0 Å². The standard InChI is InChI=1S/C22H21/c1-15-5-3-7-19-13-17(9-11-21(15)19)18-10-12-22-16(2)6-4-8-20(22)14-18/h3-13,17-18H,14H2,1-2H3. The second kappa shape index (κ2) is 5.28. The Balaban J connectivity index is 1.62. The van der Waals surface area contributed by atoms with Gasteiger partial charge in [0, 0.05) is 0 Å². The Kier molecular flexibility index (Phi) is 3.26. The molecule has 2 aromatic carbocycles. The molecule has 0 spiro atoms. The quantitative estimate of drug-likeness (QED) is 0.659. The van der Waals surface area contributed by atoms with Gasteiger partial charge in [0.2, 0.25) is 0 Å². The van der Waals surface area contributed by atoms with E-state index in [1.807, 2.05) is 0 Å². The van der Waals surface area contributed by atoms with Crippen LogP contribution in [0.4, 0.5) is 0 Å². The monoisotopic (exact) mass is 285 g/mol. The number of fused-ring (bicyclic) bond motifs is 2. The summed E-state index contributed by atoms with van der Waals surface area (Å²) >= 11 is 0. The summed E-state index contributed by atoms with van der Waals surface area (Å²) in [5.74, 6) is 1.07. The molecule has 22 heavy (non-hydrogen) atoms. The van der Waals surface area contributed by atoms with Crippen LogP contribution in [0.5, 0.6) is 0 Å². The summed E-state index contributed by atoms with van der Waals surface area (Å²) < 4.78 is 0. The first kappa shape index (κ1) is 13.6. The molecule has 0 aromatic heterocycles. The van der Waals surface area contributed by atoms with Crippen molar-refractivity contribution in [3.8, 4) is 0 Å². The van der Waals surface area contributed by atoms with Crippen LogP contribution in [-0.2, 0) is 6.42 Å². The fraction of sp³-hybridized carbons (Fsp3) is 0.227. The second-order valence-corrected chi connectivity index (χ2v) is 6.56. The van der Waals surface area contributed by atoms with Crippen molar-refractivity contribution in [3.63, 3.8) is 0 Å². The molecule has 2 aromatic rings. The molecule has 0 nitrogen and oxygen atoms in total. The highest BCUT2D eigenvalue weighted by Gasteiger charge is 2.25. The SMILES string of the molecule is Cc1cccc2c1C=CC(C1C=Cc3c(C)cccc3C1)[CH]2. The van der Waals surface area contributed by atoms with Crippen LogP contribution >= 0.6 is 0 Å². The van der Waals surface area contributed by atoms with E-state index in [0.29, 0.717) is 11.8 Å². The summed E-state index contributed by atoms with van der Waals surface area (Å²) in [5.41, 5.74) is 8.43. The molecule has 0 heterocycles. The van der Waals surface area contributed by atoms with Crippen molar-refractivity contribution in [3.05, 3.63) is 88.4 Å². The van der Waals surface area contributed by atoms with Crippen LogP contribution in [0.15, 0.2) is 48.6 Å². The minimum atomic E-state index is 0.499. The zero-order valence-electron chi connectivity index (χ0n) is 13.2. The second-order valence-electron chi connectivity index (χ2n) is 6.56. The maximum Gasteiger partial charge on any atom is -0.00122 e. The van der Waals surface area contributed by atoms with Gasteiger partial charge in [0.15, 0.2) is 0 Å². The minimum Gasteiger partial charge on any atom is -0.0799 e. The van der Waals surface area contributed by atoms with Gasteiger partial charge in [0.25, 0.3) is 0 Å². The zero-order chi connectivity index (χ0) is 15.1. The van der Waals surface area contributed by atoms with Crippen LogP contribution in [0, 0.1) is 32.1 Å². The summed E-state index contributed by atoms with van der Waals surface area (Å²) in [6.07, 6.45) is 13.0. The van der Waals surface area contributed by atoms with Gasteiger partial charge < -0.3 is 0 Å². The smallest absolute Gasteiger partial charge is 0.00122 e. The number of hydrogen-bond donors (Lipinski definition) is 0. The number of hydrogen-bond acceptors (Lipinski definition) is 0. The average molecular weight is 285 g/mol. The third kappa shape index (κ3) is 2.23. The van der Waals surface area contributed by atoms with Crippen LogP contribution in [0.1, 0.15) is 33.4 Å². The molecule has 2 aliphatic carbocycles. The molecule has 0 saturated heterocycles. The first-order valence-corrected chi connectivity index (χ1v) is 8.12. The summed E-state index contributed by atoms with van der Waals surface area (Å²) in [7, 11) is 0. The Morgan fingerprint density at radius 3 is 2.41 bits per heavy atom. The van der Waals surface area contributed by atoms with Gasteiger partial charge >= 0.3 is 0 Å². The fourth-order valence-corrected chi connectivity index (χ4v) is 3.78. The molecule has 0 amide bonds. The summed E-state index contributed by atoms with van der Waals surface area (Å²) in [6.45, 7) is 4.39. The van der Waals surface area contributed by atoms with Gasteiger partial charge in [-0.25, -0.2) is 0 Å². The number of benzene rings is 2. The first-order valence-electron chi connectivity index (χ1n) is 8.12. The van der Waals surface area contributed by atoms with E-state index >= 15 is 0 Å². The summed E-state index contributed by atoms with van der Waals surface area (Å²) in [6, 6.07) is 13.3. The summed E-state index contributed by atoms with van der Waals surface area (Å²) in [5, 5.41) is 0. The number of allylic oxidation sites excluding steroid dienone is 2. The molecule has 0 bridgehead atoms. The highest BCUT2D eigenvalue weighted by Crippen LogP contribution is 2.36. The van der Waals surface area contributed by atoms with Crippen LogP contribution in [0.2, 0.25) is 0 Å². The molecule has 2 atom stereocenters. The Labute approximate surface area is 133 Å². The normalized spacial score (nSPS) is 22.3. The lowest BCUT2D eigenvalue weighted by Gasteiger charge is -2.29. The van der Waals surface area contributed by atoms with E-state index in [1.165, 1.54) is 33.4 Å². The maximum atomic E-state index is 2.44. The molecule has 2 unspecified atom stereocenters. The highest BCUT2D eigenvalue weighted by atomic mass is 14.3. The molecule has 2 aliphatic rings. The van der Waals surface area contributed by atoms with Crippen molar-refractivity contribution in [1.29, 1.82) is 0 Å². The van der Waals surface area contributed by atoms with Gasteiger partial charge in [-0.1, -0.05) is 60.7 Å². The van der Waals surface area contributed by atoms with Gasteiger partial charge in [-0.3, -0.25) is 0 Å². The van der Waals surface area contributed by atoms with Crippen molar-refractivity contribution in [1.82, 2.24) is 0 Å². The van der Waals surface area contributed by atoms with Gasteiger partial charge in [0.1, 0.15) is 0 Å². The molecule has 0 fully saturated rings. The number of rotatable bonds is 1. The molecule has 109 valence electrons. The Bertz CT molecular complexity index is 709. The molecule has 0 N–H and O–H groups in total. The number of aryl methyl sites for hydroxylation is 2.